The summed E-state index contributed by atoms with van der Waals surface area (Å²) in [7, 11) is 0. The molecule has 0 amide bonds. The third kappa shape index (κ3) is 1.43. The van der Waals surface area contributed by atoms with Gasteiger partial charge < -0.3 is 9.88 Å². The molecule has 0 unspecified atom stereocenters. The monoisotopic (exact) mass is 214 g/mol. The molecule has 15 heavy (non-hydrogen) atoms. The molecule has 6 heteroatoms. The molecule has 1 aromatic heterocycles. The van der Waals surface area contributed by atoms with Gasteiger partial charge in [0.15, 0.2) is 0 Å². The third-order valence-corrected chi connectivity index (χ3v) is 3.21. The number of alkyl halides is 2. The second-order valence-corrected chi connectivity index (χ2v) is 4.37. The van der Waals surface area contributed by atoms with Crippen molar-refractivity contribution in [2.45, 2.75) is 30.7 Å². The zero-order valence-electron chi connectivity index (χ0n) is 8.16. The van der Waals surface area contributed by atoms with Crippen molar-refractivity contribution in [1.29, 1.82) is 0 Å². The number of nitrogens with zero attached hydrogens (tertiary/aromatic N) is 3. The first kappa shape index (κ1) is 9.21. The highest BCUT2D eigenvalue weighted by atomic mass is 19.3. The van der Waals surface area contributed by atoms with Crippen molar-refractivity contribution in [3.63, 3.8) is 0 Å². The number of aromatic nitrogens is 3. The summed E-state index contributed by atoms with van der Waals surface area (Å²) in [5.74, 6) is -1.87. The van der Waals surface area contributed by atoms with Gasteiger partial charge in [0.25, 0.3) is 0 Å². The average Bonchev–Trinajstić information content (AvgIpc) is 2.45. The molecule has 0 spiro atoms. The van der Waals surface area contributed by atoms with E-state index < -0.39 is 5.92 Å². The van der Waals surface area contributed by atoms with Crippen molar-refractivity contribution in [3.8, 4) is 0 Å². The van der Waals surface area contributed by atoms with Crippen LogP contribution in [-0.4, -0.2) is 33.8 Å². The molecular weight excluding hydrogens is 202 g/mol. The van der Waals surface area contributed by atoms with Crippen LogP contribution in [0.3, 0.4) is 0 Å². The minimum atomic E-state index is -2.49. The van der Waals surface area contributed by atoms with Gasteiger partial charge >= 0.3 is 0 Å². The molecule has 1 saturated carbocycles. The predicted octanol–water partition coefficient (Wildman–Crippen LogP) is 0.935. The van der Waals surface area contributed by atoms with E-state index in [1.807, 2.05) is 4.57 Å². The van der Waals surface area contributed by atoms with Crippen molar-refractivity contribution in [2.24, 2.45) is 0 Å². The largest absolute Gasteiger partial charge is 0.313 e. The quantitative estimate of drug-likeness (QED) is 0.796. The molecule has 3 rings (SSSR count). The van der Waals surface area contributed by atoms with Crippen LogP contribution in [-0.2, 0) is 0 Å². The second-order valence-electron chi connectivity index (χ2n) is 4.37. The van der Waals surface area contributed by atoms with Crippen LogP contribution in [0, 0.1) is 0 Å². The van der Waals surface area contributed by atoms with Gasteiger partial charge in [-0.15, -0.1) is 10.2 Å². The van der Waals surface area contributed by atoms with Gasteiger partial charge in [0, 0.05) is 31.8 Å². The zero-order chi connectivity index (χ0) is 10.5. The summed E-state index contributed by atoms with van der Waals surface area (Å²) < 4.78 is 27.4. The van der Waals surface area contributed by atoms with E-state index in [1.54, 1.807) is 6.33 Å². The van der Waals surface area contributed by atoms with E-state index in [0.29, 0.717) is 6.04 Å². The summed E-state index contributed by atoms with van der Waals surface area (Å²) in [6.45, 7) is 1.77. The van der Waals surface area contributed by atoms with Gasteiger partial charge in [0.05, 0.1) is 6.04 Å². The smallest absolute Gasteiger partial charge is 0.249 e. The van der Waals surface area contributed by atoms with Gasteiger partial charge in [-0.2, -0.15) is 0 Å². The zero-order valence-corrected chi connectivity index (χ0v) is 8.16. The molecule has 2 heterocycles. The molecule has 1 aromatic rings. The van der Waals surface area contributed by atoms with E-state index in [-0.39, 0.29) is 18.8 Å². The van der Waals surface area contributed by atoms with Crippen molar-refractivity contribution in [2.75, 3.05) is 13.1 Å². The lowest BCUT2D eigenvalue weighted by molar-refractivity contribution is -0.0895. The van der Waals surface area contributed by atoms with Crippen LogP contribution in [0.2, 0.25) is 0 Å². The molecule has 1 saturated heterocycles. The Morgan fingerprint density at radius 3 is 2.67 bits per heavy atom. The fourth-order valence-corrected chi connectivity index (χ4v) is 2.14. The topological polar surface area (TPSA) is 42.7 Å². The van der Waals surface area contributed by atoms with Crippen LogP contribution in [0.4, 0.5) is 8.78 Å². The number of hydrogen-bond acceptors (Lipinski definition) is 3. The van der Waals surface area contributed by atoms with Gasteiger partial charge in [-0.25, -0.2) is 8.78 Å². The summed E-state index contributed by atoms with van der Waals surface area (Å²) in [6.07, 6.45) is 1.50. The number of halogens is 2. The maximum absolute atomic E-state index is 12.7. The number of rotatable bonds is 2. The molecular formula is C9H12F2N4. The number of hydrogen-bond donors (Lipinski definition) is 1. The Bertz CT molecular complexity index is 364. The molecule has 1 N–H and O–H groups in total. The van der Waals surface area contributed by atoms with Crippen molar-refractivity contribution in [3.05, 3.63) is 12.2 Å². The van der Waals surface area contributed by atoms with Gasteiger partial charge in [0.2, 0.25) is 5.92 Å². The van der Waals surface area contributed by atoms with Crippen LogP contribution in [0.1, 0.15) is 30.6 Å². The van der Waals surface area contributed by atoms with E-state index >= 15 is 0 Å². The first-order valence-corrected chi connectivity index (χ1v) is 5.14. The molecule has 4 nitrogen and oxygen atoms in total. The fourth-order valence-electron chi connectivity index (χ4n) is 2.14. The predicted molar refractivity (Wildman–Crippen MR) is 48.9 cm³/mol. The lowest BCUT2D eigenvalue weighted by atomic mass is 9.80. The molecule has 1 aliphatic carbocycles. The molecule has 2 fully saturated rings. The van der Waals surface area contributed by atoms with Crippen LogP contribution >= 0.6 is 0 Å². The Morgan fingerprint density at radius 1 is 1.40 bits per heavy atom. The Kier molecular flexibility index (Phi) is 1.83. The first-order valence-electron chi connectivity index (χ1n) is 5.14. The molecule has 82 valence electrons. The van der Waals surface area contributed by atoms with Crippen molar-refractivity contribution in [1.82, 2.24) is 20.1 Å². The van der Waals surface area contributed by atoms with E-state index in [9.17, 15) is 8.78 Å². The van der Waals surface area contributed by atoms with Gasteiger partial charge in [-0.1, -0.05) is 0 Å². The lowest BCUT2D eigenvalue weighted by Crippen LogP contribution is -2.45. The Balaban J connectivity index is 1.78. The normalized spacial score (nSPS) is 26.0. The van der Waals surface area contributed by atoms with Gasteiger partial charge in [-0.3, -0.25) is 0 Å². The van der Waals surface area contributed by atoms with Crippen LogP contribution in [0.25, 0.3) is 0 Å². The van der Waals surface area contributed by atoms with Crippen molar-refractivity contribution < 1.29 is 8.78 Å². The van der Waals surface area contributed by atoms with Gasteiger partial charge in [0.1, 0.15) is 12.2 Å². The SMILES string of the molecule is FC1(F)CC(c2nncn2C2CNC2)C1. The Labute approximate surface area is 85.7 Å². The average molecular weight is 214 g/mol. The maximum Gasteiger partial charge on any atom is 0.249 e. The molecule has 2 aliphatic rings. The minimum absolute atomic E-state index is 0.0775. The summed E-state index contributed by atoms with van der Waals surface area (Å²) >= 11 is 0. The maximum atomic E-state index is 12.7. The summed E-state index contributed by atoms with van der Waals surface area (Å²) in [5, 5.41) is 10.9. The van der Waals surface area contributed by atoms with Crippen LogP contribution < -0.4 is 5.32 Å². The third-order valence-electron chi connectivity index (χ3n) is 3.21. The second kappa shape index (κ2) is 2.98. The number of nitrogens with one attached hydrogen (secondary N) is 1. The summed E-state index contributed by atoms with van der Waals surface area (Å²) in [6, 6.07) is 0.351. The highest BCUT2D eigenvalue weighted by molar-refractivity contribution is 5.09. The molecule has 1 aliphatic heterocycles. The lowest BCUT2D eigenvalue weighted by Gasteiger charge is -2.36. The standard InChI is InChI=1S/C9H12F2N4/c10-9(11)1-6(2-9)8-14-13-5-15(8)7-3-12-4-7/h5-7,12H,1-4H2. The molecule has 0 atom stereocenters. The molecule has 0 radical (unpaired) electrons. The highest BCUT2D eigenvalue weighted by Crippen LogP contribution is 2.47. The van der Waals surface area contributed by atoms with E-state index in [2.05, 4.69) is 15.5 Å². The summed E-state index contributed by atoms with van der Waals surface area (Å²) in [4.78, 5) is 0. The van der Waals surface area contributed by atoms with Crippen molar-refractivity contribution >= 4 is 0 Å². The highest BCUT2D eigenvalue weighted by Gasteiger charge is 2.48. The fraction of sp³-hybridized carbons (Fsp3) is 0.778. The Hall–Kier alpha value is -1.04. The summed E-state index contributed by atoms with van der Waals surface area (Å²) in [5.41, 5.74) is 0. The first-order chi connectivity index (χ1) is 7.16. The van der Waals surface area contributed by atoms with E-state index in [1.165, 1.54) is 0 Å². The molecule has 0 aromatic carbocycles. The minimum Gasteiger partial charge on any atom is -0.313 e. The van der Waals surface area contributed by atoms with E-state index in [4.69, 9.17) is 0 Å². The van der Waals surface area contributed by atoms with Crippen LogP contribution in [0.5, 0.6) is 0 Å². The van der Waals surface area contributed by atoms with Crippen LogP contribution in [0.15, 0.2) is 6.33 Å². The van der Waals surface area contributed by atoms with Gasteiger partial charge in [-0.05, 0) is 0 Å². The molecule has 0 bridgehead atoms. The Morgan fingerprint density at radius 2 is 2.13 bits per heavy atom. The van der Waals surface area contributed by atoms with E-state index in [0.717, 1.165) is 18.9 Å².